The Bertz CT molecular complexity index is 677. The van der Waals surface area contributed by atoms with Crippen molar-refractivity contribution in [2.24, 2.45) is 5.92 Å². The number of nitrogens with zero attached hydrogens (tertiary/aromatic N) is 1. The molecule has 0 aromatic carbocycles. The van der Waals surface area contributed by atoms with Crippen LogP contribution in [-0.4, -0.2) is 28.2 Å². The second-order valence-electron chi connectivity index (χ2n) is 8.53. The highest BCUT2D eigenvalue weighted by molar-refractivity contribution is 5.93. The van der Waals surface area contributed by atoms with Crippen molar-refractivity contribution in [1.82, 2.24) is 9.88 Å². The number of hydrogen-bond acceptors (Lipinski definition) is 3. The van der Waals surface area contributed by atoms with Crippen LogP contribution < -0.4 is 10.9 Å². The monoisotopic (exact) mass is 404 g/mol. The topological polar surface area (TPSA) is 71.3 Å². The van der Waals surface area contributed by atoms with Crippen LogP contribution in [0, 0.1) is 5.92 Å². The summed E-state index contributed by atoms with van der Waals surface area (Å²) in [4.78, 5) is 25.7. The number of rotatable bonds is 12. The predicted molar refractivity (Wildman–Crippen MR) is 118 cm³/mol. The zero-order valence-corrected chi connectivity index (χ0v) is 18.4. The molecule has 5 nitrogen and oxygen atoms in total. The number of aliphatic hydroxyl groups excluding tert-OH is 1. The Morgan fingerprint density at radius 3 is 2.52 bits per heavy atom. The van der Waals surface area contributed by atoms with Crippen molar-refractivity contribution in [2.45, 2.75) is 104 Å². The van der Waals surface area contributed by atoms with Crippen LogP contribution in [0.2, 0.25) is 0 Å². The zero-order chi connectivity index (χ0) is 21.1. The lowest BCUT2D eigenvalue weighted by atomic mass is 9.85. The van der Waals surface area contributed by atoms with Crippen LogP contribution in [0.5, 0.6) is 0 Å². The van der Waals surface area contributed by atoms with E-state index in [1.807, 2.05) is 6.07 Å². The van der Waals surface area contributed by atoms with Crippen LogP contribution in [0.4, 0.5) is 0 Å². The third kappa shape index (κ3) is 7.29. The first kappa shape index (κ1) is 23.7. The fourth-order valence-electron chi connectivity index (χ4n) is 4.28. The summed E-state index contributed by atoms with van der Waals surface area (Å²) in [6.45, 7) is 5.17. The number of amides is 1. The first-order valence-corrected chi connectivity index (χ1v) is 11.8. The summed E-state index contributed by atoms with van der Waals surface area (Å²) in [6, 6.07) is 3.61. The molecule has 1 saturated carbocycles. The molecule has 5 heteroatoms. The summed E-state index contributed by atoms with van der Waals surface area (Å²) < 4.78 is 1.79. The Morgan fingerprint density at radius 2 is 1.83 bits per heavy atom. The van der Waals surface area contributed by atoms with Gasteiger partial charge in [-0.05, 0) is 50.2 Å². The van der Waals surface area contributed by atoms with Crippen molar-refractivity contribution in [2.75, 3.05) is 6.54 Å². The highest BCUT2D eigenvalue weighted by Gasteiger charge is 2.23. The van der Waals surface area contributed by atoms with Gasteiger partial charge in [-0.2, -0.15) is 0 Å². The summed E-state index contributed by atoms with van der Waals surface area (Å²) >= 11 is 0. The molecular formula is C24H40N2O3. The zero-order valence-electron chi connectivity index (χ0n) is 18.4. The lowest BCUT2D eigenvalue weighted by molar-refractivity contribution is 0.0737. The Balaban J connectivity index is 2.04. The average Bonchev–Trinajstić information content (AvgIpc) is 2.75. The Labute approximate surface area is 175 Å². The van der Waals surface area contributed by atoms with Crippen molar-refractivity contribution in [3.8, 4) is 0 Å². The fraction of sp³-hybridized carbons (Fsp3) is 0.750. The van der Waals surface area contributed by atoms with E-state index in [2.05, 4.69) is 19.2 Å². The molecule has 1 amide bonds. The lowest BCUT2D eigenvalue weighted by Crippen LogP contribution is -2.40. The van der Waals surface area contributed by atoms with Gasteiger partial charge in [0.05, 0.1) is 6.10 Å². The molecule has 1 aliphatic carbocycles. The molecule has 0 aliphatic heterocycles. The largest absolute Gasteiger partial charge is 0.391 e. The van der Waals surface area contributed by atoms with E-state index in [0.717, 1.165) is 57.1 Å². The summed E-state index contributed by atoms with van der Waals surface area (Å²) in [7, 11) is 0. The maximum Gasteiger partial charge on any atom is 0.263 e. The van der Waals surface area contributed by atoms with E-state index in [9.17, 15) is 14.7 Å². The van der Waals surface area contributed by atoms with Gasteiger partial charge in [-0.3, -0.25) is 9.59 Å². The molecule has 2 N–H and O–H groups in total. The first-order chi connectivity index (χ1) is 14.1. The number of carbonyl (C=O) groups excluding carboxylic acids is 1. The van der Waals surface area contributed by atoms with Crippen molar-refractivity contribution in [3.05, 3.63) is 33.7 Å². The van der Waals surface area contributed by atoms with Gasteiger partial charge < -0.3 is 15.0 Å². The molecule has 0 saturated heterocycles. The van der Waals surface area contributed by atoms with Crippen LogP contribution in [0.1, 0.15) is 101 Å². The normalized spacial score (nSPS) is 16.0. The first-order valence-electron chi connectivity index (χ1n) is 11.8. The summed E-state index contributed by atoms with van der Waals surface area (Å²) in [5.74, 6) is -0.108. The summed E-state index contributed by atoms with van der Waals surface area (Å²) in [6.07, 6.45) is 12.5. The summed E-state index contributed by atoms with van der Waals surface area (Å²) in [5, 5.41) is 13.2. The number of pyridine rings is 1. The molecule has 2 rings (SSSR count). The van der Waals surface area contributed by atoms with E-state index in [1.54, 1.807) is 10.6 Å². The second kappa shape index (κ2) is 12.8. The van der Waals surface area contributed by atoms with Gasteiger partial charge >= 0.3 is 0 Å². The van der Waals surface area contributed by atoms with Crippen LogP contribution in [0.25, 0.3) is 0 Å². The number of aliphatic hydroxyl groups is 1. The highest BCUT2D eigenvalue weighted by atomic mass is 16.3. The number of aromatic nitrogens is 1. The van der Waals surface area contributed by atoms with Gasteiger partial charge in [0.1, 0.15) is 5.56 Å². The minimum absolute atomic E-state index is 0.189. The van der Waals surface area contributed by atoms with Crippen LogP contribution in [-0.2, 0) is 13.0 Å². The third-order valence-corrected chi connectivity index (χ3v) is 6.20. The van der Waals surface area contributed by atoms with E-state index in [1.165, 1.54) is 25.7 Å². The van der Waals surface area contributed by atoms with Gasteiger partial charge in [-0.1, -0.05) is 58.8 Å². The van der Waals surface area contributed by atoms with Gasteiger partial charge in [-0.15, -0.1) is 0 Å². The molecule has 0 radical (unpaired) electrons. The van der Waals surface area contributed by atoms with Gasteiger partial charge in [0.25, 0.3) is 11.5 Å². The third-order valence-electron chi connectivity index (χ3n) is 6.20. The molecule has 1 fully saturated rings. The predicted octanol–water partition coefficient (Wildman–Crippen LogP) is 4.44. The van der Waals surface area contributed by atoms with Crippen molar-refractivity contribution in [3.63, 3.8) is 0 Å². The number of nitrogens with one attached hydrogen (secondary N) is 1. The van der Waals surface area contributed by atoms with Gasteiger partial charge in [0, 0.05) is 18.8 Å². The molecule has 1 heterocycles. The number of hydrogen-bond donors (Lipinski definition) is 2. The van der Waals surface area contributed by atoms with Gasteiger partial charge in [0.15, 0.2) is 0 Å². The maximum absolute atomic E-state index is 13.0. The van der Waals surface area contributed by atoms with E-state index in [-0.39, 0.29) is 29.5 Å². The molecule has 164 valence electrons. The maximum atomic E-state index is 13.0. The minimum atomic E-state index is -0.528. The van der Waals surface area contributed by atoms with Crippen LogP contribution >= 0.6 is 0 Å². The second-order valence-corrected chi connectivity index (χ2v) is 8.53. The Hall–Kier alpha value is -1.62. The van der Waals surface area contributed by atoms with Gasteiger partial charge in [-0.25, -0.2) is 0 Å². The molecular weight excluding hydrogens is 364 g/mol. The number of carbonyl (C=O) groups is 1. The average molecular weight is 405 g/mol. The molecule has 1 atom stereocenters. The quantitative estimate of drug-likeness (QED) is 0.506. The standard InChI is InChI=1S/C24H40N2O3/c1-3-5-7-11-14-20-15-16-21(24(29)26(20)17-6-4-2)23(28)25-18-22(27)19-12-9-8-10-13-19/h15-16,19,22,27H,3-14,17-18H2,1-2H3,(H,25,28). The molecule has 1 aromatic heterocycles. The van der Waals surface area contributed by atoms with E-state index in [0.29, 0.717) is 6.54 Å². The molecule has 1 aliphatic rings. The van der Waals surface area contributed by atoms with Crippen LogP contribution in [0.15, 0.2) is 16.9 Å². The number of unbranched alkanes of at least 4 members (excludes halogenated alkanes) is 4. The number of aryl methyl sites for hydroxylation is 1. The fourth-order valence-corrected chi connectivity index (χ4v) is 4.28. The molecule has 0 bridgehead atoms. The van der Waals surface area contributed by atoms with Crippen molar-refractivity contribution >= 4 is 5.91 Å². The SMILES string of the molecule is CCCCCCc1ccc(C(=O)NCC(O)C2CCCCC2)c(=O)n1CCCC. The molecule has 1 aromatic rings. The lowest BCUT2D eigenvalue weighted by Gasteiger charge is -2.26. The van der Waals surface area contributed by atoms with E-state index < -0.39 is 6.10 Å². The van der Waals surface area contributed by atoms with Crippen molar-refractivity contribution < 1.29 is 9.90 Å². The Morgan fingerprint density at radius 1 is 1.10 bits per heavy atom. The Kier molecular flexibility index (Phi) is 10.5. The highest BCUT2D eigenvalue weighted by Crippen LogP contribution is 2.26. The molecule has 1 unspecified atom stereocenters. The van der Waals surface area contributed by atoms with E-state index in [4.69, 9.17) is 0 Å². The molecule has 29 heavy (non-hydrogen) atoms. The van der Waals surface area contributed by atoms with Gasteiger partial charge in [0.2, 0.25) is 0 Å². The molecule has 0 spiro atoms. The van der Waals surface area contributed by atoms with E-state index >= 15 is 0 Å². The smallest absolute Gasteiger partial charge is 0.263 e. The van der Waals surface area contributed by atoms with Crippen LogP contribution in [0.3, 0.4) is 0 Å². The minimum Gasteiger partial charge on any atom is -0.391 e. The summed E-state index contributed by atoms with van der Waals surface area (Å²) in [5.41, 5.74) is 1.02. The van der Waals surface area contributed by atoms with Crippen molar-refractivity contribution in [1.29, 1.82) is 0 Å².